The maximum Gasteiger partial charge on any atom is 0.253 e. The summed E-state index contributed by atoms with van der Waals surface area (Å²) in [6.45, 7) is 1.50. The zero-order valence-corrected chi connectivity index (χ0v) is 20.9. The van der Waals surface area contributed by atoms with Crippen LogP contribution in [0.3, 0.4) is 0 Å². The van der Waals surface area contributed by atoms with Gasteiger partial charge in [0.05, 0.1) is 16.4 Å². The van der Waals surface area contributed by atoms with Crippen LogP contribution in [0.1, 0.15) is 23.2 Å². The number of amides is 1. The Morgan fingerprint density at radius 1 is 1.09 bits per heavy atom. The Kier molecular flexibility index (Phi) is 5.74. The van der Waals surface area contributed by atoms with Crippen LogP contribution in [-0.2, 0) is 0 Å². The molecule has 178 valence electrons. The molecule has 4 heterocycles. The number of halogens is 2. The van der Waals surface area contributed by atoms with Gasteiger partial charge in [-0.1, -0.05) is 29.8 Å². The highest BCUT2D eigenvalue weighted by molar-refractivity contribution is 9.10. The van der Waals surface area contributed by atoms with Gasteiger partial charge in [0, 0.05) is 41.3 Å². The number of rotatable bonds is 4. The minimum absolute atomic E-state index is 0.00469. The molecule has 35 heavy (non-hydrogen) atoms. The Hall–Kier alpha value is -3.30. The third kappa shape index (κ3) is 4.19. The molecule has 8 nitrogen and oxygen atoms in total. The zero-order chi connectivity index (χ0) is 23.9. The van der Waals surface area contributed by atoms with Crippen LogP contribution in [-0.4, -0.2) is 51.3 Å². The van der Waals surface area contributed by atoms with E-state index < -0.39 is 0 Å². The molecule has 0 atom stereocenters. The van der Waals surface area contributed by atoms with E-state index in [1.807, 2.05) is 35.2 Å². The monoisotopic (exact) mass is 553 g/mol. The number of hydrogen-bond acceptors (Lipinski definition) is 6. The number of hydrogen-bond donors (Lipinski definition) is 1. The van der Waals surface area contributed by atoms with Crippen molar-refractivity contribution in [3.8, 4) is 22.8 Å². The lowest BCUT2D eigenvalue weighted by molar-refractivity contribution is 0.0718. The van der Waals surface area contributed by atoms with E-state index in [0.717, 1.165) is 34.4 Å². The smallest absolute Gasteiger partial charge is 0.253 e. The molecule has 0 bridgehead atoms. The Balaban J connectivity index is 1.20. The summed E-state index contributed by atoms with van der Waals surface area (Å²) in [6.07, 6.45) is 3.35. The normalized spacial score (nSPS) is 15.5. The van der Waals surface area contributed by atoms with Crippen molar-refractivity contribution in [1.29, 1.82) is 0 Å². The molecule has 4 aromatic rings. The summed E-state index contributed by atoms with van der Waals surface area (Å²) in [7, 11) is 0. The molecule has 2 aliphatic rings. The van der Waals surface area contributed by atoms with E-state index in [0.29, 0.717) is 40.8 Å². The SMILES string of the molecule is O=C(c1ccc2c(c1)OCO2)N1CCC(Nc2cc(-c3ccccc3Cl)nc3c(Br)cnn23)CC1. The first-order valence-electron chi connectivity index (χ1n) is 11.3. The lowest BCUT2D eigenvalue weighted by Gasteiger charge is -2.33. The molecule has 1 saturated heterocycles. The first-order valence-corrected chi connectivity index (χ1v) is 12.5. The van der Waals surface area contributed by atoms with Gasteiger partial charge in [-0.2, -0.15) is 9.61 Å². The maximum absolute atomic E-state index is 13.0. The van der Waals surface area contributed by atoms with Crippen molar-refractivity contribution in [3.63, 3.8) is 0 Å². The minimum Gasteiger partial charge on any atom is -0.454 e. The van der Waals surface area contributed by atoms with Crippen molar-refractivity contribution in [2.75, 3.05) is 25.2 Å². The molecule has 0 saturated carbocycles. The fourth-order valence-electron chi connectivity index (χ4n) is 4.49. The molecule has 0 unspecified atom stereocenters. The molecule has 1 amide bonds. The van der Waals surface area contributed by atoms with Crippen molar-refractivity contribution in [2.24, 2.45) is 0 Å². The van der Waals surface area contributed by atoms with E-state index in [2.05, 4.69) is 26.3 Å². The van der Waals surface area contributed by atoms with Crippen LogP contribution in [0.2, 0.25) is 5.02 Å². The number of aromatic nitrogens is 3. The third-order valence-electron chi connectivity index (χ3n) is 6.33. The maximum atomic E-state index is 13.0. The van der Waals surface area contributed by atoms with Crippen LogP contribution in [0.25, 0.3) is 16.9 Å². The lowest BCUT2D eigenvalue weighted by atomic mass is 10.0. The van der Waals surface area contributed by atoms with Gasteiger partial charge in [0.15, 0.2) is 17.1 Å². The van der Waals surface area contributed by atoms with Gasteiger partial charge in [-0.15, -0.1) is 0 Å². The molecule has 2 aliphatic heterocycles. The number of carbonyl (C=O) groups is 1. The van der Waals surface area contributed by atoms with Gasteiger partial charge in [0.2, 0.25) is 6.79 Å². The molecule has 0 radical (unpaired) electrons. The second-order valence-electron chi connectivity index (χ2n) is 8.51. The van der Waals surface area contributed by atoms with Crippen molar-refractivity contribution in [1.82, 2.24) is 19.5 Å². The number of likely N-dealkylation sites (tertiary alicyclic amines) is 1. The number of nitrogens with one attached hydrogen (secondary N) is 1. The van der Waals surface area contributed by atoms with E-state index in [4.69, 9.17) is 26.1 Å². The van der Waals surface area contributed by atoms with Gasteiger partial charge in [0.25, 0.3) is 5.91 Å². The fraction of sp³-hybridized carbons (Fsp3) is 0.240. The molecule has 1 N–H and O–H groups in total. The van der Waals surface area contributed by atoms with Gasteiger partial charge >= 0.3 is 0 Å². The number of benzene rings is 2. The summed E-state index contributed by atoms with van der Waals surface area (Å²) < 4.78 is 13.4. The highest BCUT2D eigenvalue weighted by Gasteiger charge is 2.26. The van der Waals surface area contributed by atoms with Crippen molar-refractivity contribution >= 4 is 44.9 Å². The summed E-state index contributed by atoms with van der Waals surface area (Å²) in [4.78, 5) is 19.7. The summed E-state index contributed by atoms with van der Waals surface area (Å²) >= 11 is 10.00. The summed E-state index contributed by atoms with van der Waals surface area (Å²) in [6, 6.07) is 15.1. The second-order valence-corrected chi connectivity index (χ2v) is 9.77. The molecule has 6 rings (SSSR count). The molecular formula is C25H21BrClN5O3. The van der Waals surface area contributed by atoms with Crippen LogP contribution < -0.4 is 14.8 Å². The molecular weight excluding hydrogens is 534 g/mol. The van der Waals surface area contributed by atoms with Crippen LogP contribution in [0.4, 0.5) is 5.82 Å². The van der Waals surface area contributed by atoms with Crippen molar-refractivity contribution in [3.05, 3.63) is 69.8 Å². The van der Waals surface area contributed by atoms with Crippen molar-refractivity contribution < 1.29 is 14.3 Å². The fourth-order valence-corrected chi connectivity index (χ4v) is 5.07. The van der Waals surface area contributed by atoms with Gasteiger partial charge in [-0.3, -0.25) is 4.79 Å². The summed E-state index contributed by atoms with van der Waals surface area (Å²) in [5.41, 5.74) is 2.95. The van der Waals surface area contributed by atoms with Crippen LogP contribution in [0.15, 0.2) is 59.2 Å². The Labute approximate surface area is 214 Å². The van der Waals surface area contributed by atoms with E-state index in [1.54, 1.807) is 28.9 Å². The van der Waals surface area contributed by atoms with Crippen molar-refractivity contribution in [2.45, 2.75) is 18.9 Å². The second kappa shape index (κ2) is 9.05. The molecule has 2 aromatic carbocycles. The van der Waals surface area contributed by atoms with E-state index >= 15 is 0 Å². The highest BCUT2D eigenvalue weighted by Crippen LogP contribution is 2.34. The molecule has 1 fully saturated rings. The predicted octanol–water partition coefficient (Wildman–Crippen LogP) is 5.26. The Bertz CT molecular complexity index is 1430. The molecule has 0 aliphatic carbocycles. The Morgan fingerprint density at radius 2 is 1.89 bits per heavy atom. The number of nitrogens with zero attached hydrogens (tertiary/aromatic N) is 4. The average molecular weight is 555 g/mol. The minimum atomic E-state index is 0.00469. The Morgan fingerprint density at radius 3 is 2.71 bits per heavy atom. The molecule has 10 heteroatoms. The average Bonchev–Trinajstić information content (AvgIpc) is 3.50. The molecule has 2 aromatic heterocycles. The summed E-state index contributed by atoms with van der Waals surface area (Å²) in [5, 5.41) is 8.74. The number of piperidine rings is 1. The number of anilines is 1. The van der Waals surface area contributed by atoms with E-state index in [1.165, 1.54) is 0 Å². The van der Waals surface area contributed by atoms with Crippen LogP contribution >= 0.6 is 27.5 Å². The molecule has 0 spiro atoms. The topological polar surface area (TPSA) is 81.0 Å². The van der Waals surface area contributed by atoms with E-state index in [-0.39, 0.29) is 18.7 Å². The number of ether oxygens (including phenoxy) is 2. The van der Waals surface area contributed by atoms with Gasteiger partial charge in [0.1, 0.15) is 5.82 Å². The van der Waals surface area contributed by atoms with Crippen LogP contribution in [0.5, 0.6) is 11.5 Å². The largest absolute Gasteiger partial charge is 0.454 e. The summed E-state index contributed by atoms with van der Waals surface area (Å²) in [5.74, 6) is 2.13. The highest BCUT2D eigenvalue weighted by atomic mass is 79.9. The number of carbonyl (C=O) groups excluding carboxylic acids is 1. The van der Waals surface area contributed by atoms with Gasteiger partial charge in [-0.05, 0) is 53.0 Å². The third-order valence-corrected chi connectivity index (χ3v) is 7.22. The van der Waals surface area contributed by atoms with Crippen LogP contribution in [0, 0.1) is 0 Å². The first kappa shape index (κ1) is 22.2. The van der Waals surface area contributed by atoms with Gasteiger partial charge < -0.3 is 19.7 Å². The number of fused-ring (bicyclic) bond motifs is 2. The first-order chi connectivity index (χ1) is 17.1. The van der Waals surface area contributed by atoms with Gasteiger partial charge in [-0.25, -0.2) is 4.98 Å². The van der Waals surface area contributed by atoms with E-state index in [9.17, 15) is 4.79 Å². The predicted molar refractivity (Wildman–Crippen MR) is 136 cm³/mol. The standard InChI is InChI=1S/C25H21BrClN5O3/c26-18-13-28-32-23(12-20(30-24(18)32)17-3-1-2-4-19(17)27)29-16-7-9-31(10-8-16)25(33)15-5-6-21-22(11-15)35-14-34-21/h1-6,11-13,16,29H,7-10,14H2. The lowest BCUT2D eigenvalue weighted by Crippen LogP contribution is -2.42. The quantitative estimate of drug-likeness (QED) is 0.371. The zero-order valence-electron chi connectivity index (χ0n) is 18.6.